The van der Waals surface area contributed by atoms with Gasteiger partial charge >= 0.3 is 0 Å². The average molecular weight is 429 g/mol. The van der Waals surface area contributed by atoms with Gasteiger partial charge in [-0.3, -0.25) is 4.79 Å². The van der Waals surface area contributed by atoms with E-state index >= 15 is 0 Å². The number of nitrogens with zero attached hydrogens (tertiary/aromatic N) is 3. The molecule has 3 aromatic rings. The molecule has 0 radical (unpaired) electrons. The summed E-state index contributed by atoms with van der Waals surface area (Å²) in [5.41, 5.74) is 2.13. The molecule has 2 aromatic heterocycles. The monoisotopic (exact) mass is 428 g/mol. The summed E-state index contributed by atoms with van der Waals surface area (Å²) in [4.78, 5) is 25.9. The van der Waals surface area contributed by atoms with Crippen molar-refractivity contribution >= 4 is 44.9 Å². The number of anilines is 1. The Bertz CT molecular complexity index is 994. The van der Waals surface area contributed by atoms with Crippen LogP contribution in [0.4, 0.5) is 5.82 Å². The predicted molar refractivity (Wildman–Crippen MR) is 120 cm³/mol. The highest BCUT2D eigenvalue weighted by molar-refractivity contribution is 7.20. The zero-order valence-corrected chi connectivity index (χ0v) is 18.2. The summed E-state index contributed by atoms with van der Waals surface area (Å²) in [5, 5.41) is 4.80. The molecule has 0 atom stereocenters. The normalized spacial score (nSPS) is 14.8. The molecule has 0 unspecified atom stereocenters. The lowest BCUT2D eigenvalue weighted by molar-refractivity contribution is 0.0957. The Morgan fingerprint density at radius 1 is 1.14 bits per heavy atom. The molecule has 1 N–H and O–H groups in total. The molecule has 1 saturated heterocycles. The van der Waals surface area contributed by atoms with Crippen LogP contribution in [-0.2, 0) is 6.42 Å². The van der Waals surface area contributed by atoms with Crippen LogP contribution in [0.2, 0.25) is 5.02 Å². The third kappa shape index (κ3) is 4.54. The smallest absolute Gasteiger partial charge is 0.261 e. The molecule has 3 heterocycles. The summed E-state index contributed by atoms with van der Waals surface area (Å²) in [5.74, 6) is 0.937. The molecule has 0 spiro atoms. The Balaban J connectivity index is 1.51. The number of hydrogen-bond acceptors (Lipinski definition) is 5. The first-order valence-corrected chi connectivity index (χ1v) is 11.3. The number of aromatic nitrogens is 2. The summed E-state index contributed by atoms with van der Waals surface area (Å²) >= 11 is 7.38. The fourth-order valence-corrected chi connectivity index (χ4v) is 5.03. The van der Waals surface area contributed by atoms with Crippen LogP contribution in [0.25, 0.3) is 10.2 Å². The van der Waals surface area contributed by atoms with Gasteiger partial charge in [-0.05, 0) is 49.4 Å². The number of amides is 1. The molecule has 1 amide bonds. The zero-order chi connectivity index (χ0) is 20.2. The molecule has 152 valence electrons. The minimum Gasteiger partial charge on any atom is -0.356 e. The van der Waals surface area contributed by atoms with Gasteiger partial charge < -0.3 is 10.2 Å². The van der Waals surface area contributed by atoms with E-state index in [2.05, 4.69) is 20.2 Å². The van der Waals surface area contributed by atoms with Gasteiger partial charge in [0.1, 0.15) is 17.0 Å². The largest absolute Gasteiger partial charge is 0.356 e. The van der Waals surface area contributed by atoms with Crippen molar-refractivity contribution in [3.8, 4) is 0 Å². The van der Waals surface area contributed by atoms with Crippen molar-refractivity contribution in [3.05, 3.63) is 51.6 Å². The maximum absolute atomic E-state index is 12.8. The van der Waals surface area contributed by atoms with E-state index in [1.165, 1.54) is 37.0 Å². The van der Waals surface area contributed by atoms with Gasteiger partial charge in [0.2, 0.25) is 0 Å². The van der Waals surface area contributed by atoms with Crippen LogP contribution in [0.1, 0.15) is 46.5 Å². The van der Waals surface area contributed by atoms with Crippen LogP contribution >= 0.6 is 22.9 Å². The van der Waals surface area contributed by atoms with Gasteiger partial charge in [0.25, 0.3) is 5.91 Å². The molecule has 0 saturated carbocycles. The van der Waals surface area contributed by atoms with E-state index in [1.807, 2.05) is 31.2 Å². The molecule has 5 nitrogen and oxygen atoms in total. The van der Waals surface area contributed by atoms with Crippen molar-refractivity contribution in [2.45, 2.75) is 39.0 Å². The van der Waals surface area contributed by atoms with Crippen LogP contribution in [0.5, 0.6) is 0 Å². The first kappa shape index (κ1) is 20.1. The quantitative estimate of drug-likeness (QED) is 0.620. The number of rotatable bonds is 5. The van der Waals surface area contributed by atoms with Crippen molar-refractivity contribution in [3.63, 3.8) is 0 Å². The predicted octanol–water partition coefficient (Wildman–Crippen LogP) is 5.01. The first-order valence-electron chi connectivity index (χ1n) is 10.1. The number of carbonyl (C=O) groups is 1. The van der Waals surface area contributed by atoms with Crippen LogP contribution in [0.15, 0.2) is 30.6 Å². The zero-order valence-electron chi connectivity index (χ0n) is 16.6. The maximum atomic E-state index is 12.8. The average Bonchev–Trinajstić information content (AvgIpc) is 2.90. The third-order valence-electron chi connectivity index (χ3n) is 5.43. The highest BCUT2D eigenvalue weighted by Crippen LogP contribution is 2.35. The van der Waals surface area contributed by atoms with Gasteiger partial charge in [-0.2, -0.15) is 0 Å². The first-order chi connectivity index (χ1) is 14.1. The lowest BCUT2D eigenvalue weighted by atomic mass is 10.1. The number of carbonyl (C=O) groups excluding carboxylic acids is 1. The van der Waals surface area contributed by atoms with E-state index in [-0.39, 0.29) is 5.91 Å². The van der Waals surface area contributed by atoms with Gasteiger partial charge in [0, 0.05) is 24.7 Å². The van der Waals surface area contributed by atoms with Crippen molar-refractivity contribution in [1.29, 1.82) is 0 Å². The van der Waals surface area contributed by atoms with Gasteiger partial charge in [-0.25, -0.2) is 9.97 Å². The number of benzene rings is 1. The maximum Gasteiger partial charge on any atom is 0.261 e. The molecule has 1 aromatic carbocycles. The molecule has 7 heteroatoms. The SMILES string of the molecule is Cc1c(C(=O)NCCc2ccc(Cl)cc2)sc2ncnc(N3CCCCCC3)c12. The summed E-state index contributed by atoms with van der Waals surface area (Å²) in [6.07, 6.45) is 7.31. The van der Waals surface area contributed by atoms with E-state index in [9.17, 15) is 4.79 Å². The molecule has 0 aliphatic carbocycles. The Hall–Kier alpha value is -2.18. The minimum absolute atomic E-state index is 0.0405. The number of hydrogen-bond donors (Lipinski definition) is 1. The fourth-order valence-electron chi connectivity index (χ4n) is 3.84. The van der Waals surface area contributed by atoms with Crippen LogP contribution < -0.4 is 10.2 Å². The van der Waals surface area contributed by atoms with Crippen molar-refractivity contribution in [2.75, 3.05) is 24.5 Å². The highest BCUT2D eigenvalue weighted by Gasteiger charge is 2.22. The van der Waals surface area contributed by atoms with Crippen molar-refractivity contribution in [1.82, 2.24) is 15.3 Å². The lowest BCUT2D eigenvalue weighted by Crippen LogP contribution is -2.26. The molecule has 29 heavy (non-hydrogen) atoms. The number of aryl methyl sites for hydroxylation is 1. The van der Waals surface area contributed by atoms with E-state index in [0.717, 1.165) is 56.6 Å². The third-order valence-corrected chi connectivity index (χ3v) is 6.88. The molecular weight excluding hydrogens is 404 g/mol. The Morgan fingerprint density at radius 2 is 1.86 bits per heavy atom. The molecule has 0 bridgehead atoms. The second-order valence-corrected chi connectivity index (χ2v) is 8.90. The second-order valence-electron chi connectivity index (χ2n) is 7.47. The minimum atomic E-state index is -0.0405. The second kappa shape index (κ2) is 9.09. The van der Waals surface area contributed by atoms with Gasteiger partial charge in [-0.1, -0.05) is 36.6 Å². The van der Waals surface area contributed by atoms with Gasteiger partial charge in [0.05, 0.1) is 10.3 Å². The lowest BCUT2D eigenvalue weighted by Gasteiger charge is -2.22. The Labute approximate surface area is 180 Å². The highest BCUT2D eigenvalue weighted by atomic mass is 35.5. The summed E-state index contributed by atoms with van der Waals surface area (Å²) in [7, 11) is 0. The fraction of sp³-hybridized carbons (Fsp3) is 0.409. The Kier molecular flexibility index (Phi) is 6.31. The molecular formula is C22H25ClN4OS. The number of halogens is 1. The molecule has 1 fully saturated rings. The number of thiophene rings is 1. The summed E-state index contributed by atoms with van der Waals surface area (Å²) in [6, 6.07) is 7.72. The van der Waals surface area contributed by atoms with E-state index < -0.39 is 0 Å². The molecule has 4 rings (SSSR count). The topological polar surface area (TPSA) is 58.1 Å². The van der Waals surface area contributed by atoms with Crippen molar-refractivity contribution < 1.29 is 4.79 Å². The summed E-state index contributed by atoms with van der Waals surface area (Å²) < 4.78 is 0. The summed E-state index contributed by atoms with van der Waals surface area (Å²) in [6.45, 7) is 4.63. The van der Waals surface area contributed by atoms with Crippen LogP contribution in [0.3, 0.4) is 0 Å². The van der Waals surface area contributed by atoms with E-state index in [4.69, 9.17) is 11.6 Å². The van der Waals surface area contributed by atoms with Crippen LogP contribution in [-0.4, -0.2) is 35.5 Å². The number of nitrogens with one attached hydrogen (secondary N) is 1. The molecule has 1 aliphatic heterocycles. The number of fused-ring (bicyclic) bond motifs is 1. The van der Waals surface area contributed by atoms with Gasteiger partial charge in [-0.15, -0.1) is 11.3 Å². The molecule has 1 aliphatic rings. The van der Waals surface area contributed by atoms with Crippen LogP contribution in [0, 0.1) is 6.92 Å². The van der Waals surface area contributed by atoms with Crippen molar-refractivity contribution in [2.24, 2.45) is 0 Å². The Morgan fingerprint density at radius 3 is 2.59 bits per heavy atom. The van der Waals surface area contributed by atoms with Gasteiger partial charge in [0.15, 0.2) is 0 Å². The van der Waals surface area contributed by atoms with E-state index in [0.29, 0.717) is 6.54 Å². The van der Waals surface area contributed by atoms with E-state index in [1.54, 1.807) is 6.33 Å². The standard InChI is InChI=1S/C22H25ClN4OS/c1-15-18-20(27-12-4-2-3-5-13-27)25-14-26-22(18)29-19(15)21(28)24-11-10-16-6-8-17(23)9-7-16/h6-9,14H,2-5,10-13H2,1H3,(H,24,28).